The maximum absolute atomic E-state index is 13.1. The SMILES string of the molecule is CCCCn1c2c(cc(C(=O)NCc3cccc(Cl)c3)c1=O)CCCCCC2. The van der Waals surface area contributed by atoms with Gasteiger partial charge in [-0.3, -0.25) is 9.59 Å². The van der Waals surface area contributed by atoms with E-state index in [9.17, 15) is 9.59 Å². The molecular weight excluding hydrogens is 372 g/mol. The van der Waals surface area contributed by atoms with E-state index < -0.39 is 0 Å². The van der Waals surface area contributed by atoms with E-state index in [2.05, 4.69) is 12.2 Å². The first-order valence-electron chi connectivity index (χ1n) is 10.4. The number of carbonyl (C=O) groups excluding carboxylic acids is 1. The van der Waals surface area contributed by atoms with Crippen molar-refractivity contribution in [3.8, 4) is 0 Å². The van der Waals surface area contributed by atoms with Crippen LogP contribution in [0, 0.1) is 0 Å². The number of rotatable bonds is 6. The predicted octanol–water partition coefficient (Wildman–Crippen LogP) is 4.89. The van der Waals surface area contributed by atoms with Crippen molar-refractivity contribution in [3.05, 3.63) is 68.1 Å². The molecule has 0 spiro atoms. The van der Waals surface area contributed by atoms with Crippen molar-refractivity contribution in [3.63, 3.8) is 0 Å². The summed E-state index contributed by atoms with van der Waals surface area (Å²) >= 11 is 6.01. The van der Waals surface area contributed by atoms with Crippen molar-refractivity contribution >= 4 is 17.5 Å². The van der Waals surface area contributed by atoms with Crippen molar-refractivity contribution in [2.75, 3.05) is 0 Å². The summed E-state index contributed by atoms with van der Waals surface area (Å²) in [6, 6.07) is 9.23. The number of fused-ring (bicyclic) bond motifs is 1. The largest absolute Gasteiger partial charge is 0.348 e. The van der Waals surface area contributed by atoms with Crippen LogP contribution in [-0.2, 0) is 25.9 Å². The maximum atomic E-state index is 13.1. The van der Waals surface area contributed by atoms with Gasteiger partial charge in [0.25, 0.3) is 11.5 Å². The van der Waals surface area contributed by atoms with Crippen LogP contribution in [0.15, 0.2) is 35.1 Å². The van der Waals surface area contributed by atoms with Gasteiger partial charge < -0.3 is 9.88 Å². The lowest BCUT2D eigenvalue weighted by Crippen LogP contribution is -2.35. The Morgan fingerprint density at radius 3 is 2.68 bits per heavy atom. The molecule has 0 saturated heterocycles. The van der Waals surface area contributed by atoms with Crippen molar-refractivity contribution < 1.29 is 4.79 Å². The summed E-state index contributed by atoms with van der Waals surface area (Å²) in [5.41, 5.74) is 3.33. The molecule has 3 rings (SSSR count). The minimum absolute atomic E-state index is 0.156. The van der Waals surface area contributed by atoms with Gasteiger partial charge in [-0.25, -0.2) is 0 Å². The number of carbonyl (C=O) groups is 1. The van der Waals surface area contributed by atoms with E-state index >= 15 is 0 Å². The molecule has 28 heavy (non-hydrogen) atoms. The first-order chi connectivity index (χ1) is 13.6. The Morgan fingerprint density at radius 1 is 1.14 bits per heavy atom. The van der Waals surface area contributed by atoms with Crippen LogP contribution in [0.3, 0.4) is 0 Å². The molecule has 0 aliphatic heterocycles. The van der Waals surface area contributed by atoms with Gasteiger partial charge in [-0.05, 0) is 61.4 Å². The molecule has 1 heterocycles. The lowest BCUT2D eigenvalue weighted by atomic mass is 9.95. The van der Waals surface area contributed by atoms with Crippen LogP contribution >= 0.6 is 11.6 Å². The number of pyridine rings is 1. The maximum Gasteiger partial charge on any atom is 0.263 e. The molecule has 0 saturated carbocycles. The summed E-state index contributed by atoms with van der Waals surface area (Å²) in [4.78, 5) is 26.0. The lowest BCUT2D eigenvalue weighted by Gasteiger charge is -2.21. The number of hydrogen-bond donors (Lipinski definition) is 1. The second-order valence-corrected chi connectivity index (χ2v) is 8.00. The number of aryl methyl sites for hydroxylation is 1. The third kappa shape index (κ3) is 5.05. The molecule has 0 bridgehead atoms. The van der Waals surface area contributed by atoms with E-state index in [4.69, 9.17) is 11.6 Å². The zero-order valence-electron chi connectivity index (χ0n) is 16.6. The first-order valence-corrected chi connectivity index (χ1v) is 10.8. The van der Waals surface area contributed by atoms with Crippen molar-refractivity contribution in [2.45, 2.75) is 71.4 Å². The number of halogens is 1. The molecule has 1 aliphatic rings. The fourth-order valence-electron chi connectivity index (χ4n) is 3.87. The summed E-state index contributed by atoms with van der Waals surface area (Å²) in [5, 5.41) is 3.52. The number of benzene rings is 1. The molecule has 1 amide bonds. The van der Waals surface area contributed by atoms with E-state index in [0.717, 1.165) is 49.8 Å². The molecule has 0 fully saturated rings. The second-order valence-electron chi connectivity index (χ2n) is 7.57. The average molecular weight is 401 g/mol. The van der Waals surface area contributed by atoms with Crippen molar-refractivity contribution in [2.24, 2.45) is 0 Å². The molecule has 150 valence electrons. The Morgan fingerprint density at radius 2 is 1.93 bits per heavy atom. The molecule has 5 heteroatoms. The van der Waals surface area contributed by atoms with Crippen LogP contribution in [0.2, 0.25) is 5.02 Å². The van der Waals surface area contributed by atoms with Crippen LogP contribution in [0.1, 0.15) is 72.6 Å². The quantitative estimate of drug-likeness (QED) is 0.750. The minimum Gasteiger partial charge on any atom is -0.348 e. The van der Waals surface area contributed by atoms with Gasteiger partial charge in [-0.2, -0.15) is 0 Å². The summed E-state index contributed by atoms with van der Waals surface area (Å²) < 4.78 is 1.87. The zero-order valence-corrected chi connectivity index (χ0v) is 17.4. The van der Waals surface area contributed by atoms with Crippen LogP contribution in [0.5, 0.6) is 0 Å². The number of amides is 1. The summed E-state index contributed by atoms with van der Waals surface area (Å²) in [6.07, 6.45) is 8.48. The van der Waals surface area contributed by atoms with Gasteiger partial charge in [0.15, 0.2) is 0 Å². The monoisotopic (exact) mass is 400 g/mol. The standard InChI is InChI=1S/C23H29ClN2O2/c1-2-3-13-26-21-12-7-5-4-6-10-18(21)15-20(23(26)28)22(27)25-16-17-9-8-11-19(24)14-17/h8-9,11,14-15H,2-7,10,12-13,16H2,1H3,(H,25,27). The highest BCUT2D eigenvalue weighted by Gasteiger charge is 2.20. The van der Waals surface area contributed by atoms with Gasteiger partial charge >= 0.3 is 0 Å². The molecule has 0 atom stereocenters. The van der Waals surface area contributed by atoms with Gasteiger partial charge in [0, 0.05) is 23.8 Å². The smallest absolute Gasteiger partial charge is 0.263 e. The van der Waals surface area contributed by atoms with Gasteiger partial charge in [0.05, 0.1) is 0 Å². The average Bonchev–Trinajstić information content (AvgIpc) is 2.66. The molecule has 1 aliphatic carbocycles. The number of nitrogens with zero attached hydrogens (tertiary/aromatic N) is 1. The molecule has 1 aromatic carbocycles. The Bertz CT molecular complexity index is 889. The second kappa shape index (κ2) is 9.92. The van der Waals surface area contributed by atoms with Crippen molar-refractivity contribution in [1.82, 2.24) is 9.88 Å². The van der Waals surface area contributed by atoms with Crippen LogP contribution < -0.4 is 10.9 Å². The summed E-state index contributed by atoms with van der Waals surface area (Å²) in [7, 11) is 0. The predicted molar refractivity (Wildman–Crippen MR) is 114 cm³/mol. The summed E-state index contributed by atoms with van der Waals surface area (Å²) in [5.74, 6) is -0.305. The highest BCUT2D eigenvalue weighted by molar-refractivity contribution is 6.30. The fourth-order valence-corrected chi connectivity index (χ4v) is 4.09. The van der Waals surface area contributed by atoms with Gasteiger partial charge in [0.2, 0.25) is 0 Å². The third-order valence-corrected chi connectivity index (χ3v) is 5.66. The molecule has 1 aromatic heterocycles. The van der Waals surface area contributed by atoms with E-state index in [1.165, 1.54) is 18.4 Å². The van der Waals surface area contributed by atoms with E-state index in [1.807, 2.05) is 28.8 Å². The highest BCUT2D eigenvalue weighted by atomic mass is 35.5. The molecule has 2 aromatic rings. The van der Waals surface area contributed by atoms with E-state index in [-0.39, 0.29) is 17.0 Å². The van der Waals surface area contributed by atoms with Crippen molar-refractivity contribution in [1.29, 1.82) is 0 Å². The van der Waals surface area contributed by atoms with Gasteiger partial charge in [-0.15, -0.1) is 0 Å². The molecule has 0 radical (unpaired) electrons. The Kier molecular flexibility index (Phi) is 7.32. The topological polar surface area (TPSA) is 51.1 Å². The summed E-state index contributed by atoms with van der Waals surface area (Å²) in [6.45, 7) is 3.16. The highest BCUT2D eigenvalue weighted by Crippen LogP contribution is 2.21. The zero-order chi connectivity index (χ0) is 19.9. The number of hydrogen-bond acceptors (Lipinski definition) is 2. The van der Waals surface area contributed by atoms with E-state index in [1.54, 1.807) is 6.07 Å². The minimum atomic E-state index is -0.305. The first kappa shape index (κ1) is 20.7. The van der Waals surface area contributed by atoms with Crippen LogP contribution in [0.25, 0.3) is 0 Å². The third-order valence-electron chi connectivity index (χ3n) is 5.42. The van der Waals surface area contributed by atoms with Gasteiger partial charge in [0.1, 0.15) is 5.56 Å². The van der Waals surface area contributed by atoms with Crippen LogP contribution in [-0.4, -0.2) is 10.5 Å². The fraction of sp³-hybridized carbons (Fsp3) is 0.478. The molecule has 4 nitrogen and oxygen atoms in total. The van der Waals surface area contributed by atoms with Crippen LogP contribution in [0.4, 0.5) is 0 Å². The Hall–Kier alpha value is -2.07. The number of aromatic nitrogens is 1. The Labute approximate surface area is 171 Å². The molecule has 1 N–H and O–H groups in total. The molecule has 0 unspecified atom stereocenters. The number of nitrogens with one attached hydrogen (secondary N) is 1. The number of unbranched alkanes of at least 4 members (excludes halogenated alkanes) is 1. The van der Waals surface area contributed by atoms with E-state index in [0.29, 0.717) is 18.1 Å². The van der Waals surface area contributed by atoms with Gasteiger partial charge in [-0.1, -0.05) is 49.9 Å². The lowest BCUT2D eigenvalue weighted by molar-refractivity contribution is 0.0948. The normalized spacial score (nSPS) is 14.1. The molecular formula is C23H29ClN2O2. The Balaban J connectivity index is 1.89.